The number of hydrogen-bond donors (Lipinski definition) is 1. The number of carbonyl (C=O) groups excluding carboxylic acids is 4. The lowest BCUT2D eigenvalue weighted by Crippen LogP contribution is -2.33. The van der Waals surface area contributed by atoms with Crippen LogP contribution in [0.5, 0.6) is 0 Å². The van der Waals surface area contributed by atoms with E-state index in [9.17, 15) is 24.0 Å². The molecule has 0 bridgehead atoms. The average molecular weight is 710 g/mol. The van der Waals surface area contributed by atoms with Crippen molar-refractivity contribution in [3.8, 4) is 0 Å². The molecule has 18 nitrogen and oxygen atoms in total. The number of carboxylic acid groups (broad SMARTS) is 1. The molecule has 0 unspecified atom stereocenters. The molecule has 0 fully saturated rings. The van der Waals surface area contributed by atoms with E-state index in [4.69, 9.17) is 57.2 Å². The second kappa shape index (κ2) is 32.3. The van der Waals surface area contributed by atoms with Crippen molar-refractivity contribution in [2.24, 2.45) is 0 Å². The lowest BCUT2D eigenvalue weighted by atomic mass is 10.2. The molecule has 2 amide bonds. The Hall–Kier alpha value is -2.91. The first kappa shape index (κ1) is 44.1. The van der Waals surface area contributed by atoms with E-state index in [-0.39, 0.29) is 44.6 Å². The molecular weight excluding hydrogens is 658 g/mol. The summed E-state index contributed by atoms with van der Waals surface area (Å²) in [4.78, 5) is 56.5. The normalized spacial score (nSPS) is 12.7. The maximum Gasteiger partial charge on any atom is 0.372 e. The molecule has 0 atom stereocenters. The predicted molar refractivity (Wildman–Crippen MR) is 167 cm³/mol. The van der Waals surface area contributed by atoms with Gasteiger partial charge in [-0.2, -0.15) is 0 Å². The van der Waals surface area contributed by atoms with E-state index in [0.717, 1.165) is 4.90 Å². The summed E-state index contributed by atoms with van der Waals surface area (Å²) in [7, 11) is 0. The minimum Gasteiger partial charge on any atom is -0.476 e. The zero-order valence-corrected chi connectivity index (χ0v) is 28.1. The van der Waals surface area contributed by atoms with Gasteiger partial charge in [0, 0.05) is 18.6 Å². The van der Waals surface area contributed by atoms with Crippen LogP contribution in [-0.4, -0.2) is 185 Å². The van der Waals surface area contributed by atoms with Crippen LogP contribution in [0.25, 0.3) is 0 Å². The third-order valence-corrected chi connectivity index (χ3v) is 5.99. The van der Waals surface area contributed by atoms with E-state index < -0.39 is 24.1 Å². The van der Waals surface area contributed by atoms with E-state index in [2.05, 4.69) is 0 Å². The van der Waals surface area contributed by atoms with Gasteiger partial charge in [-0.05, 0) is 0 Å². The van der Waals surface area contributed by atoms with Crippen LogP contribution in [0.1, 0.15) is 12.8 Å². The number of aliphatic carboxylic acids is 1. The van der Waals surface area contributed by atoms with Gasteiger partial charge in [0.25, 0.3) is 11.8 Å². The fraction of sp³-hybridized carbons (Fsp3) is 0.774. The average Bonchev–Trinajstić information content (AvgIpc) is 3.41. The molecular formula is C31H51NO17. The van der Waals surface area contributed by atoms with Gasteiger partial charge in [-0.25, -0.2) is 4.79 Å². The second-order valence-corrected chi connectivity index (χ2v) is 9.73. The van der Waals surface area contributed by atoms with Gasteiger partial charge in [0.1, 0.15) is 6.61 Å². The van der Waals surface area contributed by atoms with Crippen LogP contribution < -0.4 is 0 Å². The Balaban J connectivity index is 1.65. The molecule has 1 aliphatic heterocycles. The van der Waals surface area contributed by atoms with Crippen molar-refractivity contribution in [2.45, 2.75) is 12.8 Å². The largest absolute Gasteiger partial charge is 0.476 e. The van der Waals surface area contributed by atoms with Crippen LogP contribution in [0.4, 0.5) is 0 Å². The van der Waals surface area contributed by atoms with E-state index in [1.807, 2.05) is 0 Å². The van der Waals surface area contributed by atoms with Crippen LogP contribution in [0, 0.1) is 0 Å². The van der Waals surface area contributed by atoms with Gasteiger partial charge in [0.15, 0.2) is 0 Å². The first-order valence-electron chi connectivity index (χ1n) is 16.1. The van der Waals surface area contributed by atoms with Crippen molar-refractivity contribution >= 4 is 29.5 Å². The van der Waals surface area contributed by atoms with Gasteiger partial charge in [0.05, 0.1) is 145 Å². The minimum absolute atomic E-state index is 0.00627. The summed E-state index contributed by atoms with van der Waals surface area (Å²) in [5.74, 6) is -3.89. The molecule has 1 rings (SSSR count). The van der Waals surface area contributed by atoms with Gasteiger partial charge in [-0.1, -0.05) is 0 Å². The van der Waals surface area contributed by atoms with Gasteiger partial charge in [0.2, 0.25) is 5.78 Å². The summed E-state index contributed by atoms with van der Waals surface area (Å²) in [6, 6.07) is 0. The highest BCUT2D eigenvalue weighted by molar-refractivity contribution is 6.32. The molecule has 18 heteroatoms. The van der Waals surface area contributed by atoms with Crippen molar-refractivity contribution in [3.63, 3.8) is 0 Å². The molecule has 1 aliphatic rings. The molecule has 0 saturated heterocycles. The van der Waals surface area contributed by atoms with Crippen LogP contribution in [0.2, 0.25) is 0 Å². The Kier molecular flexibility index (Phi) is 29.1. The van der Waals surface area contributed by atoms with Crippen molar-refractivity contribution < 1.29 is 81.2 Å². The van der Waals surface area contributed by atoms with Crippen molar-refractivity contribution in [1.82, 2.24) is 4.90 Å². The standard InChI is InChI=1S/C31H51NO17/c33-27(31(37)38)1-4-30(36)49-26-25-48-24-23-47-22-21-46-20-19-45-18-17-44-16-15-43-14-13-42-12-11-41-10-9-40-8-7-39-6-5-32-28(34)2-3-29(32)35/h2-3H,1,4-26H2,(H,37,38). The van der Waals surface area contributed by atoms with Crippen LogP contribution in [0.15, 0.2) is 12.2 Å². The molecule has 0 aromatic rings. The van der Waals surface area contributed by atoms with Crippen molar-refractivity contribution in [1.29, 1.82) is 0 Å². The third kappa shape index (κ3) is 27.6. The Bertz CT molecular complexity index is 914. The molecule has 49 heavy (non-hydrogen) atoms. The quantitative estimate of drug-likeness (QED) is 0.0357. The van der Waals surface area contributed by atoms with E-state index in [1.165, 1.54) is 12.2 Å². The number of esters is 1. The molecule has 0 spiro atoms. The summed E-state index contributed by atoms with van der Waals surface area (Å²) >= 11 is 0. The highest BCUT2D eigenvalue weighted by atomic mass is 16.6. The van der Waals surface area contributed by atoms with E-state index in [1.54, 1.807) is 0 Å². The second-order valence-electron chi connectivity index (χ2n) is 9.73. The summed E-state index contributed by atoms with van der Waals surface area (Å²) < 4.78 is 58.8. The van der Waals surface area contributed by atoms with Crippen LogP contribution in [-0.2, 0) is 76.1 Å². The summed E-state index contributed by atoms with van der Waals surface area (Å²) in [6.45, 7) is 8.17. The molecule has 0 saturated carbocycles. The SMILES string of the molecule is O=C(CCC(=O)C(=O)O)OCCOCCOCCOCCOCCOCCOCCOCCOCCOCCOCCN1C(=O)C=CC1=O. The fourth-order valence-corrected chi connectivity index (χ4v) is 3.50. The first-order chi connectivity index (χ1) is 23.9. The minimum atomic E-state index is -1.57. The predicted octanol–water partition coefficient (Wildman–Crippen LogP) is -0.945. The van der Waals surface area contributed by atoms with Crippen LogP contribution >= 0.6 is 0 Å². The number of ketones is 1. The molecule has 0 radical (unpaired) electrons. The lowest BCUT2D eigenvalue weighted by Gasteiger charge is -2.13. The van der Waals surface area contributed by atoms with Gasteiger partial charge >= 0.3 is 11.9 Å². The number of ether oxygens (including phenoxy) is 11. The Morgan fingerprint density at radius 3 is 1.04 bits per heavy atom. The molecule has 0 aromatic carbocycles. The Morgan fingerprint density at radius 2 is 0.735 bits per heavy atom. The van der Waals surface area contributed by atoms with E-state index in [0.29, 0.717) is 119 Å². The van der Waals surface area contributed by atoms with Gasteiger partial charge < -0.3 is 57.2 Å². The smallest absolute Gasteiger partial charge is 0.372 e. The maximum atomic E-state index is 11.4. The zero-order chi connectivity index (χ0) is 35.6. The molecule has 282 valence electrons. The van der Waals surface area contributed by atoms with E-state index >= 15 is 0 Å². The number of amides is 2. The number of hydrogen-bond acceptors (Lipinski definition) is 16. The van der Waals surface area contributed by atoms with Gasteiger partial charge in [-0.15, -0.1) is 0 Å². The van der Waals surface area contributed by atoms with Crippen molar-refractivity contribution in [3.05, 3.63) is 12.2 Å². The summed E-state index contributed by atoms with van der Waals surface area (Å²) in [5.41, 5.74) is 0. The fourth-order valence-electron chi connectivity index (χ4n) is 3.50. The number of nitrogens with zero attached hydrogens (tertiary/aromatic N) is 1. The molecule has 0 aromatic heterocycles. The monoisotopic (exact) mass is 709 g/mol. The van der Waals surface area contributed by atoms with Crippen molar-refractivity contribution in [2.75, 3.05) is 145 Å². The molecule has 1 heterocycles. The first-order valence-corrected chi connectivity index (χ1v) is 16.1. The number of imide groups is 1. The molecule has 0 aliphatic carbocycles. The molecule has 1 N–H and O–H groups in total. The lowest BCUT2D eigenvalue weighted by molar-refractivity contribution is -0.151. The number of carbonyl (C=O) groups is 5. The number of Topliss-reactive ketones (excluding diaryl/α,β-unsaturated/α-hetero) is 1. The third-order valence-electron chi connectivity index (χ3n) is 5.99. The highest BCUT2D eigenvalue weighted by Gasteiger charge is 2.22. The summed E-state index contributed by atoms with van der Waals surface area (Å²) in [5, 5.41) is 8.44. The van der Waals surface area contributed by atoms with Crippen LogP contribution in [0.3, 0.4) is 0 Å². The number of rotatable bonds is 37. The zero-order valence-electron chi connectivity index (χ0n) is 28.1. The maximum absolute atomic E-state index is 11.4. The Morgan fingerprint density at radius 1 is 0.449 bits per heavy atom. The van der Waals surface area contributed by atoms with Gasteiger partial charge in [-0.3, -0.25) is 24.1 Å². The summed E-state index contributed by atoms with van der Waals surface area (Å²) in [6.07, 6.45) is 1.82. The highest BCUT2D eigenvalue weighted by Crippen LogP contribution is 2.02. The Labute approximate surface area is 286 Å². The topological polar surface area (TPSA) is 210 Å². The number of carboxylic acids is 1.